The molecule has 0 bridgehead atoms. The Balaban J connectivity index is 2.23. The highest BCUT2D eigenvalue weighted by atomic mass is 35.5. The van der Waals surface area contributed by atoms with Crippen LogP contribution in [0.5, 0.6) is 0 Å². The summed E-state index contributed by atoms with van der Waals surface area (Å²) in [7, 11) is -2.36. The second-order valence-electron chi connectivity index (χ2n) is 5.40. The molecule has 0 fully saturated rings. The molecule has 0 unspecified atom stereocenters. The smallest absolute Gasteiger partial charge is 0.255 e. The molecule has 142 valence electrons. The van der Waals surface area contributed by atoms with E-state index in [9.17, 15) is 18.0 Å². The van der Waals surface area contributed by atoms with E-state index in [1.54, 1.807) is 24.3 Å². The highest BCUT2D eigenvalue weighted by molar-refractivity contribution is 7.89. The van der Waals surface area contributed by atoms with E-state index in [1.165, 1.54) is 31.3 Å². The number of halogens is 1. The third-order valence-electron chi connectivity index (χ3n) is 3.53. The van der Waals surface area contributed by atoms with Gasteiger partial charge < -0.3 is 10.6 Å². The lowest BCUT2D eigenvalue weighted by Gasteiger charge is -2.10. The molecule has 3 N–H and O–H groups in total. The van der Waals surface area contributed by atoms with Crippen molar-refractivity contribution in [3.05, 3.63) is 71.3 Å². The fourth-order valence-electron chi connectivity index (χ4n) is 2.15. The molecule has 0 aliphatic carbocycles. The van der Waals surface area contributed by atoms with Gasteiger partial charge in [-0.15, -0.1) is 6.58 Å². The molecule has 0 saturated carbocycles. The minimum Gasteiger partial charge on any atom is -0.355 e. The van der Waals surface area contributed by atoms with Crippen molar-refractivity contribution in [2.24, 2.45) is 0 Å². The molecule has 0 atom stereocenters. The van der Waals surface area contributed by atoms with Crippen LogP contribution in [-0.4, -0.2) is 33.8 Å². The zero-order valence-electron chi connectivity index (χ0n) is 14.5. The maximum absolute atomic E-state index is 12.4. The molecule has 2 rings (SSSR count). The van der Waals surface area contributed by atoms with Gasteiger partial charge in [-0.1, -0.05) is 17.7 Å². The lowest BCUT2D eigenvalue weighted by atomic mass is 10.1. The number of amides is 2. The van der Waals surface area contributed by atoms with Gasteiger partial charge in [0.2, 0.25) is 10.0 Å². The van der Waals surface area contributed by atoms with Crippen LogP contribution in [0, 0.1) is 0 Å². The maximum Gasteiger partial charge on any atom is 0.255 e. The summed E-state index contributed by atoms with van der Waals surface area (Å²) < 4.78 is 26.8. The summed E-state index contributed by atoms with van der Waals surface area (Å²) in [5.41, 5.74) is 1.02. The zero-order chi connectivity index (χ0) is 20.0. The molecule has 0 aromatic heterocycles. The van der Waals surface area contributed by atoms with Crippen molar-refractivity contribution < 1.29 is 18.0 Å². The third-order valence-corrected chi connectivity index (χ3v) is 5.44. The molecule has 0 heterocycles. The van der Waals surface area contributed by atoms with E-state index in [0.717, 1.165) is 0 Å². The highest BCUT2D eigenvalue weighted by Gasteiger charge is 2.19. The Morgan fingerprint density at radius 1 is 1.07 bits per heavy atom. The van der Waals surface area contributed by atoms with Crippen LogP contribution in [-0.2, 0) is 10.0 Å². The predicted octanol–water partition coefficient (Wildman–Crippen LogP) is 2.42. The normalized spacial score (nSPS) is 10.9. The SMILES string of the molecule is C=CCNS(=O)(=O)c1cc(C(=O)Nc2ccc(C(=O)NC)cc2)ccc1Cl. The van der Waals surface area contributed by atoms with Gasteiger partial charge in [-0.05, 0) is 42.5 Å². The van der Waals surface area contributed by atoms with Crippen molar-refractivity contribution >= 4 is 39.1 Å². The number of rotatable bonds is 7. The molecular weight excluding hydrogens is 390 g/mol. The van der Waals surface area contributed by atoms with Crippen molar-refractivity contribution in [2.45, 2.75) is 4.90 Å². The summed E-state index contributed by atoms with van der Waals surface area (Å²) in [6.45, 7) is 3.48. The topological polar surface area (TPSA) is 104 Å². The van der Waals surface area contributed by atoms with Gasteiger partial charge >= 0.3 is 0 Å². The molecule has 7 nitrogen and oxygen atoms in total. The summed E-state index contributed by atoms with van der Waals surface area (Å²) in [6.07, 6.45) is 1.39. The van der Waals surface area contributed by atoms with E-state index >= 15 is 0 Å². The molecule has 0 aliphatic rings. The van der Waals surface area contributed by atoms with Gasteiger partial charge in [0.05, 0.1) is 5.02 Å². The van der Waals surface area contributed by atoms with Gasteiger partial charge in [0.1, 0.15) is 4.90 Å². The minimum absolute atomic E-state index is 0.00181. The molecule has 2 aromatic rings. The Morgan fingerprint density at radius 2 is 1.70 bits per heavy atom. The van der Waals surface area contributed by atoms with Gasteiger partial charge in [-0.2, -0.15) is 0 Å². The molecule has 2 amide bonds. The number of carbonyl (C=O) groups excluding carboxylic acids is 2. The Kier molecular flexibility index (Phi) is 6.73. The Hall–Kier alpha value is -2.68. The summed E-state index contributed by atoms with van der Waals surface area (Å²) in [5, 5.41) is 5.14. The standard InChI is InChI=1S/C18H18ClN3O4S/c1-3-10-21-27(25,26)16-11-13(6-9-15(16)19)18(24)22-14-7-4-12(5-8-14)17(23)20-2/h3-9,11,21H,1,10H2,2H3,(H,20,23)(H,22,24). The van der Waals surface area contributed by atoms with Crippen LogP contribution in [0.4, 0.5) is 5.69 Å². The molecule has 27 heavy (non-hydrogen) atoms. The van der Waals surface area contributed by atoms with Crippen LogP contribution in [0.15, 0.2) is 60.0 Å². The summed E-state index contributed by atoms with van der Waals surface area (Å²) >= 11 is 5.97. The summed E-state index contributed by atoms with van der Waals surface area (Å²) in [4.78, 5) is 23.8. The molecule has 9 heteroatoms. The fraction of sp³-hybridized carbons (Fsp3) is 0.111. The quantitative estimate of drug-likeness (QED) is 0.613. The van der Waals surface area contributed by atoms with Gasteiger partial charge in [-0.25, -0.2) is 13.1 Å². The Bertz CT molecular complexity index is 973. The first-order valence-electron chi connectivity index (χ1n) is 7.82. The van der Waals surface area contributed by atoms with Crippen molar-refractivity contribution in [3.8, 4) is 0 Å². The second kappa shape index (κ2) is 8.81. The van der Waals surface area contributed by atoms with Crippen molar-refractivity contribution in [2.75, 3.05) is 18.9 Å². The van der Waals surface area contributed by atoms with Crippen molar-refractivity contribution in [1.82, 2.24) is 10.0 Å². The van der Waals surface area contributed by atoms with Crippen LogP contribution < -0.4 is 15.4 Å². The van der Waals surface area contributed by atoms with Gasteiger partial charge in [0.25, 0.3) is 11.8 Å². The van der Waals surface area contributed by atoms with E-state index in [-0.39, 0.29) is 27.9 Å². The van der Waals surface area contributed by atoms with Crippen LogP contribution in [0.2, 0.25) is 5.02 Å². The average molecular weight is 408 g/mol. The summed E-state index contributed by atoms with van der Waals surface area (Å²) in [6, 6.07) is 10.2. The van der Waals surface area contributed by atoms with E-state index < -0.39 is 15.9 Å². The predicted molar refractivity (Wildman–Crippen MR) is 105 cm³/mol. The third kappa shape index (κ3) is 5.16. The highest BCUT2D eigenvalue weighted by Crippen LogP contribution is 2.23. The monoisotopic (exact) mass is 407 g/mol. The fourth-order valence-corrected chi connectivity index (χ4v) is 3.67. The molecule has 2 aromatic carbocycles. The van der Waals surface area contributed by atoms with Crippen molar-refractivity contribution in [3.63, 3.8) is 0 Å². The number of nitrogens with one attached hydrogen (secondary N) is 3. The first-order chi connectivity index (χ1) is 12.8. The minimum atomic E-state index is -3.88. The average Bonchev–Trinajstić information content (AvgIpc) is 2.66. The number of sulfonamides is 1. The summed E-state index contributed by atoms with van der Waals surface area (Å²) in [5.74, 6) is -0.757. The van der Waals surface area contributed by atoms with Gasteiger partial charge in [0.15, 0.2) is 0 Å². The van der Waals surface area contributed by atoms with Crippen LogP contribution in [0.1, 0.15) is 20.7 Å². The first-order valence-corrected chi connectivity index (χ1v) is 9.68. The van der Waals surface area contributed by atoms with Gasteiger partial charge in [-0.3, -0.25) is 9.59 Å². The number of benzene rings is 2. The lowest BCUT2D eigenvalue weighted by molar-refractivity contribution is 0.0962. The number of carbonyl (C=O) groups is 2. The Labute approximate surface area is 162 Å². The maximum atomic E-state index is 12.4. The number of hydrogen-bond acceptors (Lipinski definition) is 4. The largest absolute Gasteiger partial charge is 0.355 e. The molecule has 0 aliphatic heterocycles. The molecule has 0 spiro atoms. The van der Waals surface area contributed by atoms with E-state index in [1.807, 2.05) is 0 Å². The molecular formula is C18H18ClN3O4S. The van der Waals surface area contributed by atoms with Crippen LogP contribution in [0.25, 0.3) is 0 Å². The van der Waals surface area contributed by atoms with E-state index in [2.05, 4.69) is 21.9 Å². The van der Waals surface area contributed by atoms with E-state index in [0.29, 0.717) is 11.3 Å². The number of hydrogen-bond donors (Lipinski definition) is 3. The number of anilines is 1. The van der Waals surface area contributed by atoms with Gasteiger partial charge in [0, 0.05) is 30.4 Å². The zero-order valence-corrected chi connectivity index (χ0v) is 16.0. The van der Waals surface area contributed by atoms with Crippen LogP contribution in [0.3, 0.4) is 0 Å². The van der Waals surface area contributed by atoms with Crippen molar-refractivity contribution in [1.29, 1.82) is 0 Å². The van der Waals surface area contributed by atoms with Crippen LogP contribution >= 0.6 is 11.6 Å². The second-order valence-corrected chi connectivity index (χ2v) is 7.54. The molecule has 0 saturated heterocycles. The molecule has 0 radical (unpaired) electrons. The lowest BCUT2D eigenvalue weighted by Crippen LogP contribution is -2.24. The first kappa shape index (κ1) is 20.6. The Morgan fingerprint density at radius 3 is 2.30 bits per heavy atom. The van der Waals surface area contributed by atoms with E-state index in [4.69, 9.17) is 11.6 Å².